The Morgan fingerprint density at radius 2 is 1.83 bits per heavy atom. The summed E-state index contributed by atoms with van der Waals surface area (Å²) in [6.07, 6.45) is 2.19. The molecule has 29 heavy (non-hydrogen) atoms. The minimum absolute atomic E-state index is 0.121. The molecule has 1 aliphatic rings. The number of carbonyl (C=O) groups excluding carboxylic acids is 1. The van der Waals surface area contributed by atoms with E-state index in [-0.39, 0.29) is 16.7 Å². The third kappa shape index (κ3) is 4.20. The van der Waals surface area contributed by atoms with Crippen molar-refractivity contribution in [3.8, 4) is 11.5 Å². The zero-order valence-corrected chi connectivity index (χ0v) is 16.4. The van der Waals surface area contributed by atoms with Gasteiger partial charge in [-0.15, -0.1) is 10.2 Å². The lowest BCUT2D eigenvalue weighted by Crippen LogP contribution is -2.41. The van der Waals surface area contributed by atoms with Crippen molar-refractivity contribution in [2.75, 3.05) is 18.4 Å². The Balaban J connectivity index is 1.38. The zero-order valence-electron chi connectivity index (χ0n) is 15.6. The quantitative estimate of drug-likeness (QED) is 0.691. The Kier molecular flexibility index (Phi) is 5.41. The molecule has 1 fully saturated rings. The van der Waals surface area contributed by atoms with Gasteiger partial charge in [0.25, 0.3) is 0 Å². The summed E-state index contributed by atoms with van der Waals surface area (Å²) in [6, 6.07) is 15.5. The van der Waals surface area contributed by atoms with Crippen molar-refractivity contribution >= 4 is 21.6 Å². The highest BCUT2D eigenvalue weighted by molar-refractivity contribution is 7.89. The Hall–Kier alpha value is -3.04. The fourth-order valence-electron chi connectivity index (χ4n) is 3.37. The van der Waals surface area contributed by atoms with Crippen LogP contribution in [0.5, 0.6) is 0 Å². The van der Waals surface area contributed by atoms with Crippen LogP contribution in [0, 0.1) is 5.92 Å². The van der Waals surface area contributed by atoms with Crippen molar-refractivity contribution in [3.63, 3.8) is 0 Å². The molecule has 1 aromatic heterocycles. The SMILES string of the molecule is O=C(Nc1cccc(-c2nnco2)c1)C1CCN(S(=O)(=O)c2ccccc2)CC1. The Bertz CT molecular complexity index is 1080. The first-order chi connectivity index (χ1) is 14.0. The maximum absolute atomic E-state index is 12.7. The molecule has 3 aromatic rings. The van der Waals surface area contributed by atoms with Crippen LogP contribution in [0.4, 0.5) is 5.69 Å². The maximum atomic E-state index is 12.7. The topological polar surface area (TPSA) is 105 Å². The van der Waals surface area contributed by atoms with Gasteiger partial charge in [0.15, 0.2) is 0 Å². The molecule has 0 radical (unpaired) electrons. The van der Waals surface area contributed by atoms with E-state index in [1.165, 1.54) is 10.7 Å². The van der Waals surface area contributed by atoms with E-state index in [0.717, 1.165) is 0 Å². The Morgan fingerprint density at radius 3 is 2.52 bits per heavy atom. The maximum Gasteiger partial charge on any atom is 0.247 e. The fraction of sp³-hybridized carbons (Fsp3) is 0.250. The van der Waals surface area contributed by atoms with Crippen molar-refractivity contribution in [3.05, 3.63) is 61.0 Å². The number of nitrogens with zero attached hydrogens (tertiary/aromatic N) is 3. The van der Waals surface area contributed by atoms with E-state index in [1.54, 1.807) is 48.5 Å². The largest absolute Gasteiger partial charge is 0.423 e. The number of aromatic nitrogens is 2. The number of piperidine rings is 1. The van der Waals surface area contributed by atoms with Gasteiger partial charge in [-0.1, -0.05) is 24.3 Å². The van der Waals surface area contributed by atoms with Crippen molar-refractivity contribution in [1.29, 1.82) is 0 Å². The van der Waals surface area contributed by atoms with Crippen LogP contribution in [0.25, 0.3) is 11.5 Å². The summed E-state index contributed by atoms with van der Waals surface area (Å²) in [6.45, 7) is 0.634. The number of hydrogen-bond acceptors (Lipinski definition) is 6. The van der Waals surface area contributed by atoms with Crippen LogP contribution in [0.2, 0.25) is 0 Å². The molecule has 1 N–H and O–H groups in total. The minimum atomic E-state index is -3.52. The second kappa shape index (κ2) is 8.14. The molecule has 0 unspecified atom stereocenters. The van der Waals surface area contributed by atoms with Gasteiger partial charge in [-0.25, -0.2) is 8.42 Å². The van der Waals surface area contributed by atoms with Gasteiger partial charge in [-0.3, -0.25) is 4.79 Å². The standard InChI is InChI=1S/C20H20N4O4S/c25-19(22-17-6-4-5-16(13-17)20-23-21-14-28-20)15-9-11-24(12-10-15)29(26,27)18-7-2-1-3-8-18/h1-8,13-15H,9-12H2,(H,22,25). The van der Waals surface area contributed by atoms with Crippen molar-refractivity contribution in [1.82, 2.24) is 14.5 Å². The van der Waals surface area contributed by atoms with Crippen LogP contribution in [0.15, 0.2) is 70.3 Å². The second-order valence-electron chi connectivity index (χ2n) is 6.81. The van der Waals surface area contributed by atoms with Gasteiger partial charge in [0, 0.05) is 30.3 Å². The molecule has 4 rings (SSSR count). The van der Waals surface area contributed by atoms with Gasteiger partial charge in [0.1, 0.15) is 0 Å². The molecule has 1 saturated heterocycles. The first-order valence-electron chi connectivity index (χ1n) is 9.27. The average Bonchev–Trinajstić information content (AvgIpc) is 3.30. The summed E-state index contributed by atoms with van der Waals surface area (Å²) in [5.74, 6) is 0.00856. The summed E-state index contributed by atoms with van der Waals surface area (Å²) in [5.41, 5.74) is 1.34. The molecular formula is C20H20N4O4S. The predicted octanol–water partition coefficient (Wildman–Crippen LogP) is 2.78. The third-order valence-electron chi connectivity index (χ3n) is 4.94. The molecule has 150 valence electrons. The molecule has 0 saturated carbocycles. The second-order valence-corrected chi connectivity index (χ2v) is 8.74. The normalized spacial score (nSPS) is 15.9. The van der Waals surface area contributed by atoms with Crippen LogP contribution in [-0.2, 0) is 14.8 Å². The monoisotopic (exact) mass is 412 g/mol. The van der Waals surface area contributed by atoms with Gasteiger partial charge in [-0.2, -0.15) is 4.31 Å². The first-order valence-corrected chi connectivity index (χ1v) is 10.7. The summed E-state index contributed by atoms with van der Waals surface area (Å²) in [7, 11) is -3.52. The highest BCUT2D eigenvalue weighted by Crippen LogP contribution is 2.26. The number of carbonyl (C=O) groups is 1. The van der Waals surface area contributed by atoms with Crippen LogP contribution < -0.4 is 5.32 Å². The van der Waals surface area contributed by atoms with Gasteiger partial charge in [0.2, 0.25) is 28.2 Å². The molecule has 0 atom stereocenters. The van der Waals surface area contributed by atoms with Crippen LogP contribution in [0.1, 0.15) is 12.8 Å². The fourth-order valence-corrected chi connectivity index (χ4v) is 4.86. The molecular weight excluding hydrogens is 392 g/mol. The number of rotatable bonds is 5. The highest BCUT2D eigenvalue weighted by atomic mass is 32.2. The lowest BCUT2D eigenvalue weighted by molar-refractivity contribution is -0.120. The van der Waals surface area contributed by atoms with Crippen molar-refractivity contribution < 1.29 is 17.6 Å². The van der Waals surface area contributed by atoms with E-state index in [1.807, 2.05) is 6.07 Å². The van der Waals surface area contributed by atoms with Crippen LogP contribution >= 0.6 is 0 Å². The Morgan fingerprint density at radius 1 is 1.07 bits per heavy atom. The summed E-state index contributed by atoms with van der Waals surface area (Å²) in [5, 5.41) is 10.4. The number of sulfonamides is 1. The van der Waals surface area contributed by atoms with E-state index in [4.69, 9.17) is 4.42 Å². The Labute approximate surface area is 168 Å². The molecule has 1 amide bonds. The molecule has 0 bridgehead atoms. The van der Waals surface area contributed by atoms with Crippen LogP contribution in [0.3, 0.4) is 0 Å². The van der Waals surface area contributed by atoms with Gasteiger partial charge in [-0.05, 0) is 43.2 Å². The zero-order chi connectivity index (χ0) is 20.3. The lowest BCUT2D eigenvalue weighted by atomic mass is 9.97. The first kappa shape index (κ1) is 19.3. The molecule has 1 aliphatic heterocycles. The number of anilines is 1. The lowest BCUT2D eigenvalue weighted by Gasteiger charge is -2.30. The summed E-state index contributed by atoms with van der Waals surface area (Å²) in [4.78, 5) is 12.9. The van der Waals surface area contributed by atoms with Crippen molar-refractivity contribution in [2.24, 2.45) is 5.92 Å². The molecule has 2 aromatic carbocycles. The van der Waals surface area contributed by atoms with E-state index >= 15 is 0 Å². The molecule has 0 aliphatic carbocycles. The molecule has 9 heteroatoms. The van der Waals surface area contributed by atoms with E-state index in [2.05, 4.69) is 15.5 Å². The third-order valence-corrected chi connectivity index (χ3v) is 6.86. The number of nitrogens with one attached hydrogen (secondary N) is 1. The highest BCUT2D eigenvalue weighted by Gasteiger charge is 2.32. The number of hydrogen-bond donors (Lipinski definition) is 1. The molecule has 8 nitrogen and oxygen atoms in total. The predicted molar refractivity (Wildman–Crippen MR) is 106 cm³/mol. The van der Waals surface area contributed by atoms with Gasteiger partial charge < -0.3 is 9.73 Å². The minimum Gasteiger partial charge on any atom is -0.423 e. The summed E-state index contributed by atoms with van der Waals surface area (Å²) >= 11 is 0. The van der Waals surface area contributed by atoms with Gasteiger partial charge in [0.05, 0.1) is 4.90 Å². The molecule has 0 spiro atoms. The van der Waals surface area contributed by atoms with E-state index < -0.39 is 10.0 Å². The van der Waals surface area contributed by atoms with E-state index in [0.29, 0.717) is 43.1 Å². The molecule has 2 heterocycles. The average molecular weight is 412 g/mol. The summed E-state index contributed by atoms with van der Waals surface area (Å²) < 4.78 is 32.0. The van der Waals surface area contributed by atoms with Crippen LogP contribution in [-0.4, -0.2) is 41.9 Å². The van der Waals surface area contributed by atoms with Crippen molar-refractivity contribution in [2.45, 2.75) is 17.7 Å². The van der Waals surface area contributed by atoms with Gasteiger partial charge >= 0.3 is 0 Å². The van der Waals surface area contributed by atoms with E-state index in [9.17, 15) is 13.2 Å². The number of amides is 1. The number of benzene rings is 2. The smallest absolute Gasteiger partial charge is 0.247 e.